The highest BCUT2D eigenvalue weighted by molar-refractivity contribution is 5.95. The summed E-state index contributed by atoms with van der Waals surface area (Å²) in [4.78, 5) is 25.8. The van der Waals surface area contributed by atoms with Crippen LogP contribution in [0.15, 0.2) is 17.1 Å². The van der Waals surface area contributed by atoms with Crippen LogP contribution in [0, 0.1) is 18.7 Å². The van der Waals surface area contributed by atoms with E-state index < -0.39 is 40.2 Å². The number of alkyl halides is 2. The molecule has 160 valence electrons. The van der Waals surface area contributed by atoms with Crippen LogP contribution in [0.2, 0.25) is 0 Å². The standard InChI is InChI=1S/C21H22F3N3O3/c1-10-16-12(18(28)13(19(29)30)7-26(16)6-11-4-14(11)22)5-15(23)17(10)27-8-20(24)2-3-21(20,25)9-27/h5,7,11,14H,2-4,6,8-9,25H2,1H3,(H,29,30)/t11?,14?,20?,21-/m1/s1. The van der Waals surface area contributed by atoms with Crippen LogP contribution in [0.5, 0.6) is 0 Å². The molecule has 0 radical (unpaired) electrons. The van der Waals surface area contributed by atoms with E-state index in [1.165, 1.54) is 10.8 Å². The van der Waals surface area contributed by atoms with Gasteiger partial charge in [0, 0.05) is 30.6 Å². The molecule has 3 N–H and O–H groups in total. The third-order valence-electron chi connectivity index (χ3n) is 7.11. The van der Waals surface area contributed by atoms with Gasteiger partial charge in [0.2, 0.25) is 5.43 Å². The van der Waals surface area contributed by atoms with Crippen LogP contribution >= 0.6 is 0 Å². The Kier molecular flexibility index (Phi) is 3.88. The van der Waals surface area contributed by atoms with Crippen molar-refractivity contribution in [3.63, 3.8) is 0 Å². The number of aromatic carboxylic acids is 1. The highest BCUT2D eigenvalue weighted by atomic mass is 19.1. The van der Waals surface area contributed by atoms with Crippen LogP contribution < -0.4 is 16.1 Å². The van der Waals surface area contributed by atoms with E-state index in [1.807, 2.05) is 0 Å². The molecule has 3 fully saturated rings. The number of carboxylic acid groups (broad SMARTS) is 1. The van der Waals surface area contributed by atoms with Crippen LogP contribution in [0.1, 0.15) is 35.2 Å². The third-order valence-corrected chi connectivity index (χ3v) is 7.11. The second-order valence-corrected chi connectivity index (χ2v) is 9.05. The molecule has 9 heteroatoms. The number of rotatable bonds is 4. The molecule has 1 aliphatic heterocycles. The first kappa shape index (κ1) is 19.4. The van der Waals surface area contributed by atoms with Crippen molar-refractivity contribution in [3.8, 4) is 0 Å². The molecular weight excluding hydrogens is 399 g/mol. The molecule has 3 unspecified atom stereocenters. The van der Waals surface area contributed by atoms with Gasteiger partial charge >= 0.3 is 5.97 Å². The van der Waals surface area contributed by atoms with Crippen molar-refractivity contribution in [2.24, 2.45) is 11.7 Å². The number of fused-ring (bicyclic) bond motifs is 2. The van der Waals surface area contributed by atoms with Gasteiger partial charge in [0.25, 0.3) is 0 Å². The number of carbonyl (C=O) groups is 1. The molecule has 1 aromatic carbocycles. The van der Waals surface area contributed by atoms with Crippen molar-refractivity contribution in [1.29, 1.82) is 0 Å². The quantitative estimate of drug-likeness (QED) is 0.792. The molecule has 6 nitrogen and oxygen atoms in total. The molecule has 2 heterocycles. The summed E-state index contributed by atoms with van der Waals surface area (Å²) in [6, 6.07) is 1.01. The van der Waals surface area contributed by atoms with Crippen molar-refractivity contribution in [1.82, 2.24) is 4.57 Å². The minimum Gasteiger partial charge on any atom is -0.477 e. The van der Waals surface area contributed by atoms with Gasteiger partial charge in [-0.2, -0.15) is 0 Å². The van der Waals surface area contributed by atoms with Crippen molar-refractivity contribution < 1.29 is 23.1 Å². The number of pyridine rings is 1. The van der Waals surface area contributed by atoms with Gasteiger partial charge in [0.15, 0.2) is 0 Å². The van der Waals surface area contributed by atoms with Crippen molar-refractivity contribution in [2.45, 2.75) is 50.1 Å². The van der Waals surface area contributed by atoms with Gasteiger partial charge in [-0.3, -0.25) is 4.79 Å². The Morgan fingerprint density at radius 3 is 2.57 bits per heavy atom. The summed E-state index contributed by atoms with van der Waals surface area (Å²) in [5.74, 6) is -2.44. The summed E-state index contributed by atoms with van der Waals surface area (Å²) in [6.45, 7) is 1.90. The molecule has 0 spiro atoms. The first-order chi connectivity index (χ1) is 14.0. The molecular formula is C21H22F3N3O3. The number of benzene rings is 1. The Hall–Kier alpha value is -2.55. The van der Waals surface area contributed by atoms with Gasteiger partial charge in [-0.1, -0.05) is 0 Å². The lowest BCUT2D eigenvalue weighted by Gasteiger charge is -2.45. The van der Waals surface area contributed by atoms with Gasteiger partial charge < -0.3 is 20.3 Å². The molecule has 2 saturated carbocycles. The zero-order valence-electron chi connectivity index (χ0n) is 16.4. The lowest BCUT2D eigenvalue weighted by Crippen LogP contribution is -2.65. The minimum atomic E-state index is -1.58. The summed E-state index contributed by atoms with van der Waals surface area (Å²) < 4.78 is 45.3. The fourth-order valence-electron chi connectivity index (χ4n) is 5.09. The average molecular weight is 421 g/mol. The van der Waals surface area contributed by atoms with Crippen molar-refractivity contribution in [2.75, 3.05) is 18.0 Å². The van der Waals surface area contributed by atoms with Crippen molar-refractivity contribution in [3.05, 3.63) is 39.4 Å². The van der Waals surface area contributed by atoms with Gasteiger partial charge in [-0.25, -0.2) is 18.0 Å². The van der Waals surface area contributed by atoms with Gasteiger partial charge in [0.1, 0.15) is 23.2 Å². The van der Waals surface area contributed by atoms with E-state index in [-0.39, 0.29) is 36.6 Å². The Balaban J connectivity index is 1.71. The minimum absolute atomic E-state index is 0.0423. The Morgan fingerprint density at radius 1 is 1.37 bits per heavy atom. The van der Waals surface area contributed by atoms with E-state index >= 15 is 8.78 Å². The summed E-state index contributed by atoms with van der Waals surface area (Å²) in [5, 5.41) is 9.32. The van der Waals surface area contributed by atoms with Gasteiger partial charge in [-0.15, -0.1) is 0 Å². The third kappa shape index (κ3) is 2.54. The number of hydrogen-bond acceptors (Lipinski definition) is 4. The maximum Gasteiger partial charge on any atom is 0.341 e. The van der Waals surface area contributed by atoms with E-state index in [0.29, 0.717) is 30.3 Å². The number of hydrogen-bond donors (Lipinski definition) is 2. The number of anilines is 1. The smallest absolute Gasteiger partial charge is 0.341 e. The van der Waals surface area contributed by atoms with E-state index in [4.69, 9.17) is 5.73 Å². The zero-order chi connectivity index (χ0) is 21.6. The summed E-state index contributed by atoms with van der Waals surface area (Å²) in [6.07, 6.45) is 1.41. The Bertz CT molecular complexity index is 1150. The number of halogens is 3. The second kappa shape index (κ2) is 6.00. The predicted octanol–water partition coefficient (Wildman–Crippen LogP) is 2.52. The van der Waals surface area contributed by atoms with E-state index in [2.05, 4.69) is 0 Å². The number of aryl methyl sites for hydroxylation is 1. The normalized spacial score (nSPS) is 32.2. The van der Waals surface area contributed by atoms with Crippen LogP contribution in [-0.2, 0) is 6.54 Å². The maximum atomic E-state index is 15.2. The van der Waals surface area contributed by atoms with Crippen LogP contribution in [-0.4, -0.2) is 46.1 Å². The first-order valence-electron chi connectivity index (χ1n) is 10.0. The second-order valence-electron chi connectivity index (χ2n) is 9.05. The summed E-state index contributed by atoms with van der Waals surface area (Å²) in [5.41, 5.74) is 3.18. The molecule has 1 aromatic heterocycles. The number of aromatic nitrogens is 1. The lowest BCUT2D eigenvalue weighted by molar-refractivity contribution is 0.00445. The fourth-order valence-corrected chi connectivity index (χ4v) is 5.09. The monoisotopic (exact) mass is 421 g/mol. The average Bonchev–Trinajstić information content (AvgIpc) is 3.32. The molecule has 3 aliphatic rings. The number of nitrogens with two attached hydrogens (primary N) is 1. The van der Waals surface area contributed by atoms with E-state index in [9.17, 15) is 19.1 Å². The largest absolute Gasteiger partial charge is 0.477 e. The topological polar surface area (TPSA) is 88.6 Å². The molecule has 1 saturated heterocycles. The zero-order valence-corrected chi connectivity index (χ0v) is 16.4. The molecule has 4 atom stereocenters. The highest BCUT2D eigenvalue weighted by Crippen LogP contribution is 2.51. The Labute approximate surface area is 170 Å². The summed E-state index contributed by atoms with van der Waals surface area (Å²) >= 11 is 0. The number of carboxylic acids is 1. The molecule has 2 aromatic rings. The molecule has 30 heavy (non-hydrogen) atoms. The number of nitrogens with zero attached hydrogens (tertiary/aromatic N) is 2. The molecule has 0 amide bonds. The lowest BCUT2D eigenvalue weighted by atomic mass is 9.67. The maximum absolute atomic E-state index is 15.2. The SMILES string of the molecule is Cc1c(N2CC3(F)CC[C@@]3(N)C2)c(F)cc2c(=O)c(C(=O)O)cn(CC3CC3F)c12. The van der Waals surface area contributed by atoms with Gasteiger partial charge in [-0.05, 0) is 37.8 Å². The Morgan fingerprint density at radius 2 is 2.07 bits per heavy atom. The van der Waals surface area contributed by atoms with E-state index in [0.717, 1.165) is 6.07 Å². The summed E-state index contributed by atoms with van der Waals surface area (Å²) in [7, 11) is 0. The molecule has 5 rings (SSSR count). The fraction of sp³-hybridized carbons (Fsp3) is 0.524. The van der Waals surface area contributed by atoms with Crippen LogP contribution in [0.3, 0.4) is 0 Å². The highest BCUT2D eigenvalue weighted by Gasteiger charge is 2.63. The van der Waals surface area contributed by atoms with Crippen LogP contribution in [0.25, 0.3) is 10.9 Å². The van der Waals surface area contributed by atoms with Gasteiger partial charge in [0.05, 0.1) is 23.3 Å². The first-order valence-corrected chi connectivity index (χ1v) is 10.0. The molecule has 0 bridgehead atoms. The molecule has 2 aliphatic carbocycles. The van der Waals surface area contributed by atoms with Crippen LogP contribution in [0.4, 0.5) is 18.9 Å². The van der Waals surface area contributed by atoms with E-state index in [1.54, 1.807) is 11.8 Å². The predicted molar refractivity (Wildman–Crippen MR) is 105 cm³/mol. The van der Waals surface area contributed by atoms with Crippen molar-refractivity contribution >= 4 is 22.6 Å².